The Bertz CT molecular complexity index is 5090. The number of sulfonamides is 4. The van der Waals surface area contributed by atoms with Crippen LogP contribution in [0.1, 0.15) is 0 Å². The summed E-state index contributed by atoms with van der Waals surface area (Å²) in [6.07, 6.45) is 0. The second kappa shape index (κ2) is 35.4. The normalized spacial score (nSPS) is 11.8. The first kappa shape index (κ1) is 83.0. The van der Waals surface area contributed by atoms with Gasteiger partial charge in [0, 0.05) is 45.3 Å². The fourth-order valence-corrected chi connectivity index (χ4v) is 14.4. The first-order chi connectivity index (χ1) is 51.6. The number of aromatic nitrogens is 6. The predicted molar refractivity (Wildman–Crippen MR) is 386 cm³/mol. The van der Waals surface area contributed by atoms with Crippen LogP contribution in [0.5, 0.6) is 0 Å². The summed E-state index contributed by atoms with van der Waals surface area (Å²) in [5.41, 5.74) is 18.2. The SMILES string of the molecule is NC(=O)CNC(=O)CNS(=O)(=O)c1cccc(Nc2nc(Nc3cccc(S(=O)(=O)NCC(=O)NCC(N)=O)c3)nc(Nc3ccc(-c4ccc(Nc5nc(Nc6cccc(S(=O)(=O)NCC(=O)NCC(N)=O)c6)nc(Nc6cccc(S(=O)(=O)NCC(=O)NCC(N)=O)c6)n5)cc4S(=O)(=O)O)c(S(=O)(=O)O)c3)n2)c1. The minimum atomic E-state index is -5.46. The Morgan fingerprint density at radius 1 is 0.282 bits per heavy atom. The van der Waals surface area contributed by atoms with Gasteiger partial charge in [0.2, 0.25) is 123 Å². The number of nitrogens with one attached hydrogen (secondary N) is 14. The summed E-state index contributed by atoms with van der Waals surface area (Å²) in [5, 5.41) is 24.9. The van der Waals surface area contributed by atoms with Gasteiger partial charge in [0.25, 0.3) is 20.2 Å². The lowest BCUT2D eigenvalue weighted by atomic mass is 10.0. The molecule has 6 aromatic carbocycles. The van der Waals surface area contributed by atoms with Gasteiger partial charge in [-0.1, -0.05) is 36.4 Å². The highest BCUT2D eigenvalue weighted by Gasteiger charge is 2.27. The Balaban J connectivity index is 1.13. The molecule has 46 nitrogen and oxygen atoms in total. The summed E-state index contributed by atoms with van der Waals surface area (Å²) >= 11 is 0. The largest absolute Gasteiger partial charge is 0.368 e. The van der Waals surface area contributed by atoms with Gasteiger partial charge in [-0.05, 0) is 97.1 Å². The van der Waals surface area contributed by atoms with Crippen molar-refractivity contribution in [1.29, 1.82) is 0 Å². The number of anilines is 12. The molecule has 0 unspecified atom stereocenters. The Labute approximate surface area is 623 Å². The van der Waals surface area contributed by atoms with Crippen LogP contribution in [0.25, 0.3) is 11.1 Å². The molecule has 52 heteroatoms. The number of benzene rings is 6. The van der Waals surface area contributed by atoms with Crippen molar-refractivity contribution in [1.82, 2.24) is 70.1 Å². The summed E-state index contributed by atoms with van der Waals surface area (Å²) in [4.78, 5) is 115. The molecule has 8 rings (SSSR count). The molecule has 0 aliphatic heterocycles. The van der Waals surface area contributed by atoms with E-state index in [1.165, 1.54) is 48.5 Å². The zero-order valence-corrected chi connectivity index (χ0v) is 60.8. The molecule has 2 aromatic heterocycles. The lowest BCUT2D eigenvalue weighted by Gasteiger charge is -2.16. The molecule has 0 bridgehead atoms. The molecule has 8 amide bonds. The van der Waals surface area contributed by atoms with Crippen LogP contribution in [0.3, 0.4) is 0 Å². The van der Waals surface area contributed by atoms with Crippen molar-refractivity contribution < 1.29 is 98.0 Å². The second-order valence-corrected chi connectivity index (χ2v) is 32.0. The van der Waals surface area contributed by atoms with E-state index >= 15 is 0 Å². The molecule has 0 aliphatic rings. The number of nitrogens with two attached hydrogens (primary N) is 4. The van der Waals surface area contributed by atoms with Gasteiger partial charge in [-0.2, -0.15) is 46.7 Å². The fourth-order valence-electron chi connectivity index (χ4n) is 8.87. The summed E-state index contributed by atoms with van der Waals surface area (Å²) < 4.78 is 190. The molecule has 0 radical (unpaired) electrons. The molecular formula is C58H62N24O22S6. The van der Waals surface area contributed by atoms with Crippen molar-refractivity contribution in [3.8, 4) is 11.1 Å². The highest BCUT2D eigenvalue weighted by atomic mass is 32.2. The minimum Gasteiger partial charge on any atom is -0.368 e. The van der Waals surface area contributed by atoms with Crippen molar-refractivity contribution in [3.05, 3.63) is 133 Å². The molecule has 0 saturated heterocycles. The van der Waals surface area contributed by atoms with Gasteiger partial charge in [-0.15, -0.1) is 0 Å². The number of rotatable bonds is 39. The number of carbonyl (C=O) groups excluding carboxylic acids is 8. The third kappa shape index (κ3) is 24.7. The van der Waals surface area contributed by atoms with Crippen LogP contribution in [0.4, 0.5) is 69.8 Å². The lowest BCUT2D eigenvalue weighted by Crippen LogP contribution is -2.40. The quantitative estimate of drug-likeness (QED) is 0.0164. The third-order valence-corrected chi connectivity index (χ3v) is 21.1. The van der Waals surface area contributed by atoms with Gasteiger partial charge in [0.05, 0.1) is 71.9 Å². The van der Waals surface area contributed by atoms with E-state index in [0.29, 0.717) is 0 Å². The first-order valence-electron chi connectivity index (χ1n) is 30.5. The standard InChI is InChI=1S/C58H62N24O22S6/c59-45(83)23-63-49(87)27-67-105(91,92)37-9-1-5-31(17-37)71-53-77-54(72-32-6-2-10-38(18-32)106(93,94)68-28-50(88)64-24-46(60)84)80-57(79-53)75-35-13-15-41(43(21-35)109(99,100)101)42-16-14-36(22-44(42)110(102,103)104)76-58-81-55(73-33-7-3-11-39(19-33)107(95,96)69-29-51(89)65-25-47(61)85)78-56(82-58)74-34-8-4-12-40(20-34)108(97,98)70-30-52(90)66-26-48(62)86/h1-22,67-70H,23-30H2,(H2,59,83)(H2,60,84)(H2,61,85)(H2,62,86)(H,63,87)(H,64,88)(H,65,89)(H,66,90)(H,99,100,101)(H,102,103,104)(H3,71,72,75,77,79,80)(H3,73,74,76,78,81,82). The molecule has 8 aromatic rings. The molecule has 110 heavy (non-hydrogen) atoms. The van der Waals surface area contributed by atoms with Gasteiger partial charge < -0.3 is 76.1 Å². The maximum Gasteiger partial charge on any atom is 0.295 e. The zero-order chi connectivity index (χ0) is 80.5. The number of amides is 8. The average Bonchev–Trinajstić information content (AvgIpc) is 0.766. The van der Waals surface area contributed by atoms with E-state index in [0.717, 1.165) is 84.9 Å². The third-order valence-electron chi connectivity index (χ3n) is 13.7. The minimum absolute atomic E-state index is 0.0502. The van der Waals surface area contributed by atoms with E-state index in [1.807, 2.05) is 0 Å². The second-order valence-electron chi connectivity index (χ2n) is 22.1. The predicted octanol–water partition coefficient (Wildman–Crippen LogP) is -3.80. The molecule has 0 spiro atoms. The van der Waals surface area contributed by atoms with Crippen LogP contribution in [0, 0.1) is 0 Å². The highest BCUT2D eigenvalue weighted by Crippen LogP contribution is 2.37. The van der Waals surface area contributed by atoms with Gasteiger partial charge in [0.1, 0.15) is 9.79 Å². The number of hydrogen-bond acceptors (Lipinski definition) is 32. The molecule has 0 aliphatic carbocycles. The Morgan fingerprint density at radius 2 is 0.482 bits per heavy atom. The number of carbonyl (C=O) groups is 8. The van der Waals surface area contributed by atoms with E-state index in [9.17, 15) is 98.0 Å². The van der Waals surface area contributed by atoms with Gasteiger partial charge in [0.15, 0.2) is 0 Å². The summed E-state index contributed by atoms with van der Waals surface area (Å²) in [5.74, 6) is -10.0. The topological polar surface area (TPSA) is 732 Å². The van der Waals surface area contributed by atoms with Gasteiger partial charge >= 0.3 is 0 Å². The Hall–Kier alpha value is -12.6. The van der Waals surface area contributed by atoms with E-state index in [1.54, 1.807) is 0 Å². The van der Waals surface area contributed by atoms with Crippen molar-refractivity contribution in [2.24, 2.45) is 22.9 Å². The van der Waals surface area contributed by atoms with Crippen molar-refractivity contribution in [2.45, 2.75) is 29.4 Å². The van der Waals surface area contributed by atoms with Crippen LogP contribution in [0.15, 0.2) is 163 Å². The summed E-state index contributed by atoms with van der Waals surface area (Å²) in [6.45, 7) is -5.64. The molecule has 24 N–H and O–H groups in total. The first-order valence-corrected chi connectivity index (χ1v) is 39.4. The van der Waals surface area contributed by atoms with E-state index in [-0.39, 0.29) is 34.1 Å². The van der Waals surface area contributed by atoms with Crippen molar-refractivity contribution >= 4 is 177 Å². The fraction of sp³-hybridized carbons (Fsp3) is 0.138. The lowest BCUT2D eigenvalue weighted by molar-refractivity contribution is -0.124. The molecular weight excluding hydrogens is 1580 g/mol. The van der Waals surface area contributed by atoms with E-state index < -0.39 is 236 Å². The van der Waals surface area contributed by atoms with Crippen LogP contribution in [-0.2, 0) is 98.7 Å². The molecule has 582 valence electrons. The van der Waals surface area contributed by atoms with E-state index in [4.69, 9.17) is 22.9 Å². The maximum atomic E-state index is 13.4. The van der Waals surface area contributed by atoms with Gasteiger partial charge in [-0.3, -0.25) is 47.5 Å². The molecule has 0 saturated carbocycles. The van der Waals surface area contributed by atoms with Gasteiger partial charge in [-0.25, -0.2) is 52.6 Å². The van der Waals surface area contributed by atoms with Crippen molar-refractivity contribution in [2.75, 3.05) is 84.3 Å². The summed E-state index contributed by atoms with van der Waals surface area (Å²) in [6, 6.07) is 25.0. The molecule has 2 heterocycles. The number of primary amides is 4. The Morgan fingerprint density at radius 3 is 0.673 bits per heavy atom. The zero-order valence-electron chi connectivity index (χ0n) is 55.9. The van der Waals surface area contributed by atoms with Crippen LogP contribution in [0.2, 0.25) is 0 Å². The smallest absolute Gasteiger partial charge is 0.295 e. The van der Waals surface area contributed by atoms with Crippen LogP contribution in [-0.4, -0.2) is 189 Å². The average molecular weight is 1640 g/mol. The van der Waals surface area contributed by atoms with Crippen LogP contribution >= 0.6 is 0 Å². The van der Waals surface area contributed by atoms with E-state index in [2.05, 4.69) is 102 Å². The number of hydrogen-bond donors (Lipinski definition) is 20. The molecule has 0 fully saturated rings. The maximum absolute atomic E-state index is 13.4. The Kier molecular flexibility index (Phi) is 26.7. The highest BCUT2D eigenvalue weighted by molar-refractivity contribution is 7.90. The molecule has 0 atom stereocenters. The monoisotopic (exact) mass is 1640 g/mol. The van der Waals surface area contributed by atoms with Crippen LogP contribution < -0.4 is 95.0 Å². The summed E-state index contributed by atoms with van der Waals surface area (Å²) in [7, 11) is -28.8. The number of nitrogens with zero attached hydrogens (tertiary/aromatic N) is 6. The van der Waals surface area contributed by atoms with Crippen molar-refractivity contribution in [3.63, 3.8) is 0 Å².